The molecule has 112 valence electrons. The molecule has 0 amide bonds. The number of rotatable bonds is 1. The van der Waals surface area contributed by atoms with E-state index in [1.165, 1.54) is 38.4 Å². The van der Waals surface area contributed by atoms with E-state index in [1.807, 2.05) is 6.07 Å². The Kier molecular flexibility index (Phi) is 2.77. The van der Waals surface area contributed by atoms with Crippen molar-refractivity contribution in [3.8, 4) is 28.3 Å². The Morgan fingerprint density at radius 1 is 0.792 bits per heavy atom. The lowest BCUT2D eigenvalue weighted by Crippen LogP contribution is -1.91. The van der Waals surface area contributed by atoms with Crippen LogP contribution in [0.5, 0.6) is 0 Å². The lowest BCUT2D eigenvalue weighted by Gasteiger charge is -2.14. The van der Waals surface area contributed by atoms with Gasteiger partial charge in [-0.2, -0.15) is 5.26 Å². The molecule has 0 saturated heterocycles. The second-order valence-electron chi connectivity index (χ2n) is 6.02. The van der Waals surface area contributed by atoms with Gasteiger partial charge in [-0.15, -0.1) is 11.8 Å². The molecule has 2 heteroatoms. The molecule has 0 unspecified atom stereocenters. The van der Waals surface area contributed by atoms with Gasteiger partial charge in [0.1, 0.15) is 6.07 Å². The highest BCUT2D eigenvalue weighted by atomic mass is 32.2. The van der Waals surface area contributed by atoms with Crippen LogP contribution in [0.25, 0.3) is 43.8 Å². The number of nitriles is 1. The smallest absolute Gasteiger partial charge is 0.101 e. The lowest BCUT2D eigenvalue weighted by atomic mass is 9.93. The van der Waals surface area contributed by atoms with Gasteiger partial charge in [-0.05, 0) is 39.1 Å². The van der Waals surface area contributed by atoms with Crippen LogP contribution in [-0.2, 0) is 0 Å². The standard InChI is InChI=1S/C22H13NS/c1-24-22-18(12-23)14-8-2-3-9-15(14)20-16-10-4-6-13-7-5-11-17(19(13)16)21(20)22/h2-11H,1H3. The van der Waals surface area contributed by atoms with Crippen LogP contribution in [0.3, 0.4) is 0 Å². The summed E-state index contributed by atoms with van der Waals surface area (Å²) in [6.07, 6.45) is 2.06. The van der Waals surface area contributed by atoms with Gasteiger partial charge in [0, 0.05) is 15.8 Å². The third-order valence-corrected chi connectivity index (χ3v) is 5.75. The van der Waals surface area contributed by atoms with Gasteiger partial charge in [-0.25, -0.2) is 0 Å². The van der Waals surface area contributed by atoms with E-state index in [4.69, 9.17) is 0 Å². The Balaban J connectivity index is 2.12. The average molecular weight is 323 g/mol. The molecule has 0 aromatic heterocycles. The van der Waals surface area contributed by atoms with Crippen LogP contribution in [0.4, 0.5) is 0 Å². The van der Waals surface area contributed by atoms with Crippen LogP contribution in [0.15, 0.2) is 65.6 Å². The molecule has 1 aliphatic carbocycles. The number of fused-ring (bicyclic) bond motifs is 5. The van der Waals surface area contributed by atoms with Gasteiger partial charge >= 0.3 is 0 Å². The second kappa shape index (κ2) is 4.87. The lowest BCUT2D eigenvalue weighted by molar-refractivity contribution is 1.41. The summed E-state index contributed by atoms with van der Waals surface area (Å²) in [6.45, 7) is 0. The quantitative estimate of drug-likeness (QED) is 0.341. The number of thioether (sulfide) groups is 1. The number of hydrogen-bond donors (Lipinski definition) is 0. The van der Waals surface area contributed by atoms with Crippen LogP contribution in [-0.4, -0.2) is 6.26 Å². The molecule has 0 atom stereocenters. The molecular weight excluding hydrogens is 310 g/mol. The zero-order chi connectivity index (χ0) is 16.3. The van der Waals surface area contributed by atoms with Crippen molar-refractivity contribution in [2.75, 3.05) is 6.26 Å². The van der Waals surface area contributed by atoms with Crippen LogP contribution in [0.2, 0.25) is 0 Å². The first-order valence-corrected chi connectivity index (χ1v) is 9.13. The molecule has 0 bridgehead atoms. The largest absolute Gasteiger partial charge is 0.192 e. The first-order valence-electron chi connectivity index (χ1n) is 7.90. The van der Waals surface area contributed by atoms with Crippen molar-refractivity contribution < 1.29 is 0 Å². The molecule has 0 radical (unpaired) electrons. The monoisotopic (exact) mass is 323 g/mol. The molecule has 1 nitrogen and oxygen atoms in total. The first-order chi connectivity index (χ1) is 11.8. The Bertz CT molecular complexity index is 1190. The predicted molar refractivity (Wildman–Crippen MR) is 102 cm³/mol. The molecule has 1 aliphatic rings. The molecular formula is C22H13NS. The normalized spacial score (nSPS) is 11.7. The Labute approximate surface area is 144 Å². The summed E-state index contributed by atoms with van der Waals surface area (Å²) >= 11 is 1.67. The number of nitrogens with zero attached hydrogens (tertiary/aromatic N) is 1. The van der Waals surface area contributed by atoms with E-state index in [0.717, 1.165) is 15.8 Å². The summed E-state index contributed by atoms with van der Waals surface area (Å²) < 4.78 is 0. The molecule has 0 N–H and O–H groups in total. The van der Waals surface area contributed by atoms with E-state index in [1.54, 1.807) is 11.8 Å². The van der Waals surface area contributed by atoms with Crippen molar-refractivity contribution in [3.63, 3.8) is 0 Å². The Hall–Kier alpha value is -2.76. The third kappa shape index (κ3) is 1.55. The molecule has 0 heterocycles. The average Bonchev–Trinajstić information content (AvgIpc) is 2.98. The van der Waals surface area contributed by atoms with Crippen LogP contribution in [0.1, 0.15) is 5.56 Å². The van der Waals surface area contributed by atoms with Crippen molar-refractivity contribution >= 4 is 33.3 Å². The first kappa shape index (κ1) is 13.7. The van der Waals surface area contributed by atoms with Crippen molar-refractivity contribution in [1.82, 2.24) is 0 Å². The van der Waals surface area contributed by atoms with Gasteiger partial charge in [0.2, 0.25) is 0 Å². The van der Waals surface area contributed by atoms with Gasteiger partial charge in [0.25, 0.3) is 0 Å². The fourth-order valence-electron chi connectivity index (χ4n) is 4.02. The highest BCUT2D eigenvalue weighted by Gasteiger charge is 2.28. The van der Waals surface area contributed by atoms with Crippen molar-refractivity contribution in [3.05, 3.63) is 66.2 Å². The summed E-state index contributed by atoms with van der Waals surface area (Å²) in [4.78, 5) is 1.09. The molecule has 24 heavy (non-hydrogen) atoms. The predicted octanol–water partition coefficient (Wildman–Crippen LogP) is 6.23. The number of benzene rings is 4. The molecule has 5 rings (SSSR count). The number of hydrogen-bond acceptors (Lipinski definition) is 2. The molecule has 4 aromatic rings. The molecule has 4 aromatic carbocycles. The van der Waals surface area contributed by atoms with Crippen LogP contribution >= 0.6 is 11.8 Å². The van der Waals surface area contributed by atoms with Crippen molar-refractivity contribution in [1.29, 1.82) is 5.26 Å². The van der Waals surface area contributed by atoms with Gasteiger partial charge in [0.05, 0.1) is 5.56 Å². The maximum Gasteiger partial charge on any atom is 0.101 e. The van der Waals surface area contributed by atoms with Crippen molar-refractivity contribution in [2.24, 2.45) is 0 Å². The van der Waals surface area contributed by atoms with Gasteiger partial charge in [-0.3, -0.25) is 0 Å². The molecule has 0 spiro atoms. The van der Waals surface area contributed by atoms with Gasteiger partial charge in [0.15, 0.2) is 0 Å². The fourth-order valence-corrected chi connectivity index (χ4v) is 4.80. The van der Waals surface area contributed by atoms with E-state index < -0.39 is 0 Å². The highest BCUT2D eigenvalue weighted by Crippen LogP contribution is 2.54. The van der Waals surface area contributed by atoms with E-state index in [9.17, 15) is 5.26 Å². The minimum atomic E-state index is 0.793. The van der Waals surface area contributed by atoms with E-state index >= 15 is 0 Å². The van der Waals surface area contributed by atoms with E-state index in [-0.39, 0.29) is 0 Å². The van der Waals surface area contributed by atoms with Gasteiger partial charge < -0.3 is 0 Å². The minimum absolute atomic E-state index is 0.793. The summed E-state index contributed by atoms with van der Waals surface area (Å²) in [6, 6.07) is 23.7. The second-order valence-corrected chi connectivity index (χ2v) is 6.84. The zero-order valence-corrected chi connectivity index (χ0v) is 13.9. The Morgan fingerprint density at radius 2 is 1.46 bits per heavy atom. The topological polar surface area (TPSA) is 23.8 Å². The minimum Gasteiger partial charge on any atom is -0.192 e. The highest BCUT2D eigenvalue weighted by molar-refractivity contribution is 7.98. The van der Waals surface area contributed by atoms with Crippen LogP contribution < -0.4 is 0 Å². The van der Waals surface area contributed by atoms with Crippen molar-refractivity contribution in [2.45, 2.75) is 4.90 Å². The molecule has 0 fully saturated rings. The summed E-state index contributed by atoms with van der Waals surface area (Å²) in [7, 11) is 0. The summed E-state index contributed by atoms with van der Waals surface area (Å²) in [5.74, 6) is 0. The maximum atomic E-state index is 9.83. The van der Waals surface area contributed by atoms with E-state index in [2.05, 4.69) is 66.9 Å². The maximum absolute atomic E-state index is 9.83. The third-order valence-electron chi connectivity index (χ3n) is 4.93. The summed E-state index contributed by atoms with van der Waals surface area (Å²) in [5.41, 5.74) is 5.84. The molecule has 0 saturated carbocycles. The molecule has 0 aliphatic heterocycles. The fraction of sp³-hybridized carbons (Fsp3) is 0.0455. The summed E-state index contributed by atoms with van der Waals surface area (Å²) in [5, 5.41) is 14.6. The zero-order valence-electron chi connectivity index (χ0n) is 13.1. The Morgan fingerprint density at radius 3 is 2.12 bits per heavy atom. The van der Waals surface area contributed by atoms with Crippen LogP contribution in [0, 0.1) is 11.3 Å². The van der Waals surface area contributed by atoms with E-state index in [0.29, 0.717) is 0 Å². The van der Waals surface area contributed by atoms with Gasteiger partial charge in [-0.1, -0.05) is 60.7 Å². The SMILES string of the molecule is CSc1c2c(c3ccccc3c1C#N)-c1cccc3cccc-2c13.